The van der Waals surface area contributed by atoms with Crippen molar-refractivity contribution >= 4 is 52.9 Å². The third kappa shape index (κ3) is 5.19. The Hall–Kier alpha value is -6.27. The molecule has 3 heterocycles. The Kier molecular flexibility index (Phi) is 7.35. The quantitative estimate of drug-likeness (QED) is 0.177. The Bertz CT molecular complexity index is 3030. The Morgan fingerprint density at radius 3 is 1.81 bits per heavy atom. The predicted octanol–water partition coefficient (Wildman–Crippen LogP) is 13.6. The summed E-state index contributed by atoms with van der Waals surface area (Å²) in [5.74, 6) is 2.00. The summed E-state index contributed by atoms with van der Waals surface area (Å²) in [6.45, 7) is 0. The van der Waals surface area contributed by atoms with Crippen LogP contribution in [0.3, 0.4) is 0 Å². The van der Waals surface area contributed by atoms with Gasteiger partial charge in [-0.1, -0.05) is 140 Å². The van der Waals surface area contributed by atoms with Gasteiger partial charge < -0.3 is 0 Å². The molecule has 1 aliphatic carbocycles. The zero-order valence-corrected chi connectivity index (χ0v) is 30.8. The van der Waals surface area contributed by atoms with E-state index in [1.807, 2.05) is 46.9 Å². The molecule has 0 saturated carbocycles. The molecule has 3 nitrogen and oxygen atoms in total. The van der Waals surface area contributed by atoms with Crippen molar-refractivity contribution in [1.82, 2.24) is 15.0 Å². The maximum Gasteiger partial charge on any atom is 0.165 e. The molecule has 0 aliphatic heterocycles. The first-order valence-electron chi connectivity index (χ1n) is 18.3. The molecular formula is C49H31N3S2. The monoisotopic (exact) mass is 725 g/mol. The second-order valence-electron chi connectivity index (χ2n) is 13.9. The molecule has 7 aromatic carbocycles. The number of benzene rings is 7. The molecule has 0 fully saturated rings. The fourth-order valence-electron chi connectivity index (χ4n) is 8.06. The molecule has 3 aromatic heterocycles. The Labute approximate surface area is 320 Å². The highest BCUT2D eigenvalue weighted by atomic mass is 32.1. The lowest BCUT2D eigenvalue weighted by atomic mass is 9.87. The number of hydrogen-bond donors (Lipinski definition) is 0. The summed E-state index contributed by atoms with van der Waals surface area (Å²) in [5.41, 5.74) is 12.0. The molecule has 1 aliphatic rings. The Morgan fingerprint density at radius 2 is 1.00 bits per heavy atom. The molecule has 0 radical (unpaired) electrons. The number of thiophene rings is 2. The molecule has 0 spiro atoms. The first-order chi connectivity index (χ1) is 26.7. The van der Waals surface area contributed by atoms with Crippen LogP contribution in [0.15, 0.2) is 164 Å². The molecular weight excluding hydrogens is 695 g/mol. The van der Waals surface area contributed by atoms with Crippen LogP contribution in [0.25, 0.3) is 97.1 Å². The normalized spacial score (nSPS) is 12.3. The lowest BCUT2D eigenvalue weighted by Gasteiger charge is -2.17. The molecule has 254 valence electrons. The van der Waals surface area contributed by atoms with Gasteiger partial charge in [-0.2, -0.15) is 0 Å². The van der Waals surface area contributed by atoms with E-state index < -0.39 is 0 Å². The van der Waals surface area contributed by atoms with Gasteiger partial charge in [0.1, 0.15) is 0 Å². The summed E-state index contributed by atoms with van der Waals surface area (Å²) >= 11 is 3.74. The number of hydrogen-bond acceptors (Lipinski definition) is 5. The smallest absolute Gasteiger partial charge is 0.165 e. The van der Waals surface area contributed by atoms with Gasteiger partial charge in [-0.3, -0.25) is 0 Å². The van der Waals surface area contributed by atoms with E-state index in [1.165, 1.54) is 68.5 Å². The lowest BCUT2D eigenvalue weighted by Crippen LogP contribution is -2.01. The van der Waals surface area contributed by atoms with E-state index in [0.29, 0.717) is 17.5 Å². The minimum Gasteiger partial charge on any atom is -0.208 e. The fourth-order valence-corrected chi connectivity index (χ4v) is 10.6. The van der Waals surface area contributed by atoms with Crippen LogP contribution in [0.5, 0.6) is 0 Å². The Morgan fingerprint density at radius 1 is 0.389 bits per heavy atom. The zero-order valence-electron chi connectivity index (χ0n) is 29.2. The van der Waals surface area contributed by atoms with E-state index in [0.717, 1.165) is 35.1 Å². The van der Waals surface area contributed by atoms with Gasteiger partial charge in [-0.25, -0.2) is 15.0 Å². The van der Waals surface area contributed by atoms with Crippen molar-refractivity contribution in [3.8, 4) is 66.9 Å². The highest BCUT2D eigenvalue weighted by Crippen LogP contribution is 2.49. The molecule has 0 saturated heterocycles. The number of aromatic nitrogens is 3. The van der Waals surface area contributed by atoms with Crippen LogP contribution in [-0.2, 0) is 12.8 Å². The van der Waals surface area contributed by atoms with E-state index in [9.17, 15) is 0 Å². The molecule has 0 amide bonds. The summed E-state index contributed by atoms with van der Waals surface area (Å²) in [6, 6.07) is 58.5. The largest absolute Gasteiger partial charge is 0.208 e. The molecule has 10 aromatic rings. The highest BCUT2D eigenvalue weighted by molar-refractivity contribution is 7.26. The first kappa shape index (κ1) is 31.3. The van der Waals surface area contributed by atoms with Gasteiger partial charge in [0, 0.05) is 51.8 Å². The van der Waals surface area contributed by atoms with Crippen molar-refractivity contribution in [1.29, 1.82) is 0 Å². The van der Waals surface area contributed by atoms with Gasteiger partial charge in [0.15, 0.2) is 17.5 Å². The SMILES string of the molecule is c1ccc(-c2ccc(-c3nc(-c4ccccc4)nc(-c4cc(-c5cccc6sc7c(c56)CCc5ccccc5-7)cc5c4sc4ccccc45)n3)cc2)cc1. The maximum absolute atomic E-state index is 5.29. The van der Waals surface area contributed by atoms with Crippen LogP contribution in [-0.4, -0.2) is 15.0 Å². The highest BCUT2D eigenvalue weighted by Gasteiger charge is 2.24. The van der Waals surface area contributed by atoms with Crippen molar-refractivity contribution in [3.05, 3.63) is 175 Å². The summed E-state index contributed by atoms with van der Waals surface area (Å²) in [4.78, 5) is 17.0. The van der Waals surface area contributed by atoms with E-state index in [2.05, 4.69) is 140 Å². The van der Waals surface area contributed by atoms with E-state index in [4.69, 9.17) is 15.0 Å². The summed E-state index contributed by atoms with van der Waals surface area (Å²) in [6.07, 6.45) is 2.10. The first-order valence-corrected chi connectivity index (χ1v) is 19.9. The van der Waals surface area contributed by atoms with E-state index in [1.54, 1.807) is 0 Å². The van der Waals surface area contributed by atoms with Gasteiger partial charge >= 0.3 is 0 Å². The van der Waals surface area contributed by atoms with Crippen LogP contribution in [0.4, 0.5) is 0 Å². The molecule has 5 heteroatoms. The topological polar surface area (TPSA) is 38.7 Å². The van der Waals surface area contributed by atoms with Gasteiger partial charge in [-0.15, -0.1) is 22.7 Å². The third-order valence-electron chi connectivity index (χ3n) is 10.7. The third-order valence-corrected chi connectivity index (χ3v) is 13.1. The Balaban J connectivity index is 1.15. The number of fused-ring (bicyclic) bond motifs is 8. The van der Waals surface area contributed by atoms with Gasteiger partial charge in [0.25, 0.3) is 0 Å². The average molecular weight is 726 g/mol. The van der Waals surface area contributed by atoms with Crippen molar-refractivity contribution in [2.24, 2.45) is 0 Å². The number of nitrogens with zero attached hydrogens (tertiary/aromatic N) is 3. The predicted molar refractivity (Wildman–Crippen MR) is 228 cm³/mol. The van der Waals surface area contributed by atoms with Crippen molar-refractivity contribution < 1.29 is 0 Å². The molecule has 0 N–H and O–H groups in total. The van der Waals surface area contributed by atoms with E-state index >= 15 is 0 Å². The average Bonchev–Trinajstić information content (AvgIpc) is 3.83. The van der Waals surface area contributed by atoms with Crippen LogP contribution < -0.4 is 0 Å². The standard InChI is InChI=1S/C49H31N3S2/c1-3-12-30(13-4-1)31-22-24-34(25-23-31)48-50-47(33-15-5-2-6-16-33)51-49(52-48)41-29-35(28-40-38-18-9-10-20-42(38)53-46(40)41)36-19-11-21-43-44(36)39-27-26-32-14-7-8-17-37(32)45(39)54-43/h1-25,28-29H,26-27H2. The van der Waals surface area contributed by atoms with Crippen molar-refractivity contribution in [3.63, 3.8) is 0 Å². The minimum absolute atomic E-state index is 0.658. The minimum atomic E-state index is 0.658. The lowest BCUT2D eigenvalue weighted by molar-refractivity contribution is 0.957. The molecule has 0 atom stereocenters. The van der Waals surface area contributed by atoms with Gasteiger partial charge in [-0.05, 0) is 76.1 Å². The van der Waals surface area contributed by atoms with E-state index in [-0.39, 0.29) is 0 Å². The second kappa shape index (κ2) is 12.7. The molecule has 0 bridgehead atoms. The number of aryl methyl sites for hydroxylation is 2. The van der Waals surface area contributed by atoms with Crippen molar-refractivity contribution in [2.45, 2.75) is 12.8 Å². The van der Waals surface area contributed by atoms with Gasteiger partial charge in [0.05, 0.1) is 0 Å². The summed E-state index contributed by atoms with van der Waals surface area (Å²) < 4.78 is 3.77. The molecule has 54 heavy (non-hydrogen) atoms. The zero-order chi connectivity index (χ0) is 35.6. The van der Waals surface area contributed by atoms with Gasteiger partial charge in [0.2, 0.25) is 0 Å². The maximum atomic E-state index is 5.29. The molecule has 0 unspecified atom stereocenters. The number of rotatable bonds is 5. The van der Waals surface area contributed by atoms with Crippen LogP contribution in [0.2, 0.25) is 0 Å². The summed E-state index contributed by atoms with van der Waals surface area (Å²) in [7, 11) is 0. The van der Waals surface area contributed by atoms with Crippen molar-refractivity contribution in [2.75, 3.05) is 0 Å². The van der Waals surface area contributed by atoms with Crippen LogP contribution in [0, 0.1) is 0 Å². The fraction of sp³-hybridized carbons (Fsp3) is 0.0408. The molecule has 11 rings (SSSR count). The van der Waals surface area contributed by atoms with Crippen LogP contribution in [0.1, 0.15) is 11.1 Å². The second-order valence-corrected chi connectivity index (χ2v) is 16.0. The summed E-state index contributed by atoms with van der Waals surface area (Å²) in [5, 5.41) is 3.85. The van der Waals surface area contributed by atoms with Crippen LogP contribution >= 0.6 is 22.7 Å².